The van der Waals surface area contributed by atoms with Crippen LogP contribution >= 0.6 is 0 Å². The monoisotopic (exact) mass is 316 g/mol. The maximum Gasteiger partial charge on any atom is 0.316 e. The third-order valence-corrected chi connectivity index (χ3v) is 4.08. The molecule has 0 aromatic heterocycles. The van der Waals surface area contributed by atoms with Gasteiger partial charge in [-0.2, -0.15) is 0 Å². The lowest BCUT2D eigenvalue weighted by Gasteiger charge is -2.13. The van der Waals surface area contributed by atoms with Gasteiger partial charge in [0, 0.05) is 38.9 Å². The van der Waals surface area contributed by atoms with E-state index in [0.717, 1.165) is 0 Å². The Morgan fingerprint density at radius 1 is 1.33 bits per heavy atom. The van der Waals surface area contributed by atoms with Gasteiger partial charge in [0.05, 0.1) is 7.11 Å². The quantitative estimate of drug-likeness (QED) is 0.498. The number of nitrogen functional groups attached to an aromatic ring is 1. The van der Waals surface area contributed by atoms with Gasteiger partial charge in [-0.15, -0.1) is 0 Å². The molecule has 118 valence electrons. The predicted octanol–water partition coefficient (Wildman–Crippen LogP) is -0.173. The molecular weight excluding hydrogens is 296 g/mol. The summed E-state index contributed by atoms with van der Waals surface area (Å²) in [4.78, 5) is 12.6. The Morgan fingerprint density at radius 2 is 2.00 bits per heavy atom. The standard InChI is InChI=1S/C12H20N4O4S/c1-16(2)12(17)14-6-7-15-21(18,19)11-5-4-9(13)8-10(11)20-3/h4-5,8,15H,6-7,13H2,1-3H3,(H,14,17). The molecule has 0 aliphatic rings. The van der Waals surface area contributed by atoms with E-state index in [1.54, 1.807) is 14.1 Å². The number of hydrogen-bond donors (Lipinski definition) is 3. The first kappa shape index (κ1) is 17.1. The molecule has 0 heterocycles. The van der Waals surface area contributed by atoms with Crippen LogP contribution in [-0.2, 0) is 10.0 Å². The van der Waals surface area contributed by atoms with Gasteiger partial charge in [0.15, 0.2) is 0 Å². The van der Waals surface area contributed by atoms with Gasteiger partial charge >= 0.3 is 6.03 Å². The second kappa shape index (κ2) is 7.14. The Bertz CT molecular complexity index is 601. The highest BCUT2D eigenvalue weighted by Crippen LogP contribution is 2.25. The molecule has 0 aliphatic heterocycles. The first-order valence-electron chi connectivity index (χ1n) is 6.16. The van der Waals surface area contributed by atoms with Gasteiger partial charge in [-0.1, -0.05) is 0 Å². The number of rotatable bonds is 6. The molecule has 0 spiro atoms. The van der Waals surface area contributed by atoms with Gasteiger partial charge in [-0.25, -0.2) is 17.9 Å². The zero-order chi connectivity index (χ0) is 16.0. The van der Waals surface area contributed by atoms with Crippen LogP contribution in [0.15, 0.2) is 23.1 Å². The van der Waals surface area contributed by atoms with Crippen LogP contribution in [0, 0.1) is 0 Å². The van der Waals surface area contributed by atoms with E-state index < -0.39 is 10.0 Å². The molecule has 4 N–H and O–H groups in total. The predicted molar refractivity (Wildman–Crippen MR) is 79.7 cm³/mol. The summed E-state index contributed by atoms with van der Waals surface area (Å²) in [6, 6.07) is 3.99. The molecule has 0 bridgehead atoms. The van der Waals surface area contributed by atoms with E-state index in [4.69, 9.17) is 10.5 Å². The molecular formula is C12H20N4O4S. The topological polar surface area (TPSA) is 114 Å². The van der Waals surface area contributed by atoms with Gasteiger partial charge in [0.1, 0.15) is 10.6 Å². The van der Waals surface area contributed by atoms with Gasteiger partial charge in [0.25, 0.3) is 0 Å². The fourth-order valence-corrected chi connectivity index (χ4v) is 2.68. The zero-order valence-electron chi connectivity index (χ0n) is 12.2. The maximum atomic E-state index is 12.1. The summed E-state index contributed by atoms with van der Waals surface area (Å²) in [5.41, 5.74) is 5.99. The number of nitrogens with zero attached hydrogens (tertiary/aromatic N) is 1. The summed E-state index contributed by atoms with van der Waals surface area (Å²) in [6.07, 6.45) is 0. The lowest BCUT2D eigenvalue weighted by molar-refractivity contribution is 0.217. The molecule has 0 atom stereocenters. The van der Waals surface area contributed by atoms with Crippen molar-refractivity contribution in [2.75, 3.05) is 40.0 Å². The number of urea groups is 1. The highest BCUT2D eigenvalue weighted by molar-refractivity contribution is 7.89. The largest absolute Gasteiger partial charge is 0.495 e. The number of ether oxygens (including phenoxy) is 1. The Balaban J connectivity index is 2.68. The molecule has 0 unspecified atom stereocenters. The van der Waals surface area contributed by atoms with Crippen molar-refractivity contribution >= 4 is 21.7 Å². The summed E-state index contributed by atoms with van der Waals surface area (Å²) in [5.74, 6) is 0.167. The molecule has 0 aliphatic carbocycles. The zero-order valence-corrected chi connectivity index (χ0v) is 13.0. The second-order valence-electron chi connectivity index (χ2n) is 4.43. The molecule has 0 fully saturated rings. The number of nitrogens with two attached hydrogens (primary N) is 1. The second-order valence-corrected chi connectivity index (χ2v) is 6.17. The van der Waals surface area contributed by atoms with Crippen molar-refractivity contribution in [2.24, 2.45) is 0 Å². The van der Waals surface area contributed by atoms with E-state index in [-0.39, 0.29) is 29.8 Å². The van der Waals surface area contributed by atoms with Gasteiger partial charge in [0.2, 0.25) is 10.0 Å². The van der Waals surface area contributed by atoms with Crippen molar-refractivity contribution in [3.63, 3.8) is 0 Å². The third-order valence-electron chi connectivity index (χ3n) is 2.58. The first-order valence-corrected chi connectivity index (χ1v) is 7.64. The minimum absolute atomic E-state index is 0.00173. The van der Waals surface area contributed by atoms with E-state index in [1.165, 1.54) is 30.2 Å². The van der Waals surface area contributed by atoms with Gasteiger partial charge in [-0.05, 0) is 12.1 Å². The number of amides is 2. The fourth-order valence-electron chi connectivity index (χ4n) is 1.50. The van der Waals surface area contributed by atoms with E-state index in [0.29, 0.717) is 5.69 Å². The number of anilines is 1. The molecule has 8 nitrogen and oxygen atoms in total. The molecule has 1 aromatic rings. The van der Waals surface area contributed by atoms with Crippen molar-refractivity contribution < 1.29 is 17.9 Å². The summed E-state index contributed by atoms with van der Waals surface area (Å²) in [7, 11) is 0.825. The van der Waals surface area contributed by atoms with Crippen molar-refractivity contribution in [2.45, 2.75) is 4.90 Å². The average Bonchev–Trinajstić information content (AvgIpc) is 2.42. The molecule has 0 radical (unpaired) electrons. The Labute approximate surface area is 124 Å². The summed E-state index contributed by atoms with van der Waals surface area (Å²) in [6.45, 7) is 0.239. The smallest absolute Gasteiger partial charge is 0.316 e. The van der Waals surface area contributed by atoms with Gasteiger partial charge in [-0.3, -0.25) is 0 Å². The number of carbonyl (C=O) groups excluding carboxylic acids is 1. The number of carbonyl (C=O) groups is 1. The summed E-state index contributed by atoms with van der Waals surface area (Å²) in [5, 5.41) is 2.55. The minimum atomic E-state index is -3.73. The first-order chi connectivity index (χ1) is 9.77. The van der Waals surface area contributed by atoms with Crippen molar-refractivity contribution in [3.8, 4) is 5.75 Å². The molecule has 0 saturated carbocycles. The molecule has 1 aromatic carbocycles. The fraction of sp³-hybridized carbons (Fsp3) is 0.417. The average molecular weight is 316 g/mol. The van der Waals surface area contributed by atoms with Crippen LogP contribution in [0.1, 0.15) is 0 Å². The number of sulfonamides is 1. The number of benzene rings is 1. The van der Waals surface area contributed by atoms with Crippen LogP contribution < -0.4 is 20.5 Å². The Hall–Kier alpha value is -2.00. The van der Waals surface area contributed by atoms with Crippen LogP contribution in [0.25, 0.3) is 0 Å². The number of methoxy groups -OCH3 is 1. The highest BCUT2D eigenvalue weighted by atomic mass is 32.2. The Kier molecular flexibility index (Phi) is 5.79. The summed E-state index contributed by atoms with van der Waals surface area (Å²) < 4.78 is 31.7. The van der Waals surface area contributed by atoms with E-state index >= 15 is 0 Å². The molecule has 9 heteroatoms. The molecule has 2 amide bonds. The number of hydrogen-bond acceptors (Lipinski definition) is 5. The van der Waals surface area contributed by atoms with Crippen LogP contribution in [-0.4, -0.2) is 53.6 Å². The van der Waals surface area contributed by atoms with Crippen LogP contribution in [0.3, 0.4) is 0 Å². The van der Waals surface area contributed by atoms with Crippen LogP contribution in [0.4, 0.5) is 10.5 Å². The van der Waals surface area contributed by atoms with E-state index in [1.807, 2.05) is 0 Å². The van der Waals surface area contributed by atoms with Crippen molar-refractivity contribution in [1.29, 1.82) is 0 Å². The van der Waals surface area contributed by atoms with Crippen molar-refractivity contribution in [1.82, 2.24) is 14.9 Å². The Morgan fingerprint density at radius 3 is 2.57 bits per heavy atom. The maximum absolute atomic E-state index is 12.1. The van der Waals surface area contributed by atoms with Crippen LogP contribution in [0.5, 0.6) is 5.75 Å². The SMILES string of the molecule is COc1cc(N)ccc1S(=O)(=O)NCCNC(=O)N(C)C. The van der Waals surface area contributed by atoms with Crippen LogP contribution in [0.2, 0.25) is 0 Å². The normalized spacial score (nSPS) is 11.0. The van der Waals surface area contributed by atoms with E-state index in [9.17, 15) is 13.2 Å². The lowest BCUT2D eigenvalue weighted by Crippen LogP contribution is -2.39. The molecule has 21 heavy (non-hydrogen) atoms. The molecule has 1 rings (SSSR count). The third kappa shape index (κ3) is 4.80. The lowest BCUT2D eigenvalue weighted by atomic mass is 10.3. The number of nitrogens with one attached hydrogen (secondary N) is 2. The van der Waals surface area contributed by atoms with Gasteiger partial charge < -0.3 is 20.7 Å². The minimum Gasteiger partial charge on any atom is -0.495 e. The van der Waals surface area contributed by atoms with Crippen molar-refractivity contribution in [3.05, 3.63) is 18.2 Å². The summed E-state index contributed by atoms with van der Waals surface area (Å²) >= 11 is 0. The van der Waals surface area contributed by atoms with E-state index in [2.05, 4.69) is 10.0 Å². The highest BCUT2D eigenvalue weighted by Gasteiger charge is 2.19. The molecule has 0 saturated heterocycles.